The van der Waals surface area contributed by atoms with Crippen LogP contribution in [0.3, 0.4) is 0 Å². The molecule has 3 aliphatic heterocycles. The van der Waals surface area contributed by atoms with Gasteiger partial charge in [-0.15, -0.1) is 0 Å². The van der Waals surface area contributed by atoms with Gasteiger partial charge in [-0.2, -0.15) is 0 Å². The zero-order chi connectivity index (χ0) is 49.3. The number of likely N-dealkylation sites (tertiary alicyclic amines) is 2. The Morgan fingerprint density at radius 2 is 1.17 bits per heavy atom. The van der Waals surface area contributed by atoms with Crippen molar-refractivity contribution in [1.82, 2.24) is 40.0 Å². The number of likely N-dealkylation sites (N-methyl/N-ethyl adjacent to an activating group) is 1. The predicted molar refractivity (Wildman–Crippen MR) is 266 cm³/mol. The van der Waals surface area contributed by atoms with Crippen molar-refractivity contribution in [1.29, 1.82) is 0 Å². The average Bonchev–Trinajstić information content (AvgIpc) is 4.20. The summed E-state index contributed by atoms with van der Waals surface area (Å²) >= 11 is 0. The van der Waals surface area contributed by atoms with Gasteiger partial charge in [0.25, 0.3) is 0 Å². The van der Waals surface area contributed by atoms with E-state index >= 15 is 0 Å². The van der Waals surface area contributed by atoms with Gasteiger partial charge in [-0.3, -0.25) is 14.5 Å². The fraction of sp³-hybridized carbons (Fsp3) is 0.481. The molecule has 0 bridgehead atoms. The van der Waals surface area contributed by atoms with Crippen LogP contribution in [-0.2, 0) is 19.7 Å². The minimum atomic E-state index is -1.12. The molecule has 15 heteroatoms. The number of carboxylic acid groups (broad SMARTS) is 1. The molecule has 2 aromatic heterocycles. The van der Waals surface area contributed by atoms with E-state index in [9.17, 15) is 24.3 Å². The van der Waals surface area contributed by atoms with Crippen LogP contribution in [0.2, 0.25) is 0 Å². The van der Waals surface area contributed by atoms with E-state index in [0.29, 0.717) is 13.1 Å². The number of imidazole rings is 2. The Bertz CT molecular complexity index is 2600. The Morgan fingerprint density at radius 1 is 0.696 bits per heavy atom. The van der Waals surface area contributed by atoms with Crippen LogP contribution in [0.15, 0.2) is 85.2 Å². The topological polar surface area (TPSA) is 180 Å². The molecule has 4 N–H and O–H groups in total. The van der Waals surface area contributed by atoms with Gasteiger partial charge < -0.3 is 39.8 Å². The van der Waals surface area contributed by atoms with E-state index in [1.165, 1.54) is 30.8 Å². The molecule has 3 fully saturated rings. The SMILES string of the molecule is COC(=O)N[C@H](C(=O)N1CCC[C@H]1c1cnc(-c2ccc([C@H]3CC[C@H](c4ccc(-c5ncc([C@@H]6CCCN6C(=O)[C@H](C(C)C)N(C)C(=O)O)[nH]5)cc4)N3c3ccc(C(C)(C)C)cc3)cc2)[nH]1)C(C)C. The van der Waals surface area contributed by atoms with E-state index in [1.807, 2.05) is 49.9 Å². The minimum Gasteiger partial charge on any atom is -0.465 e. The highest BCUT2D eigenvalue weighted by Crippen LogP contribution is 2.48. The average molecular weight is 940 g/mol. The van der Waals surface area contributed by atoms with Crippen LogP contribution in [0.25, 0.3) is 22.8 Å². The molecule has 0 spiro atoms. The molecule has 6 atom stereocenters. The number of aromatic nitrogens is 4. The predicted octanol–water partition coefficient (Wildman–Crippen LogP) is 10.2. The lowest BCUT2D eigenvalue weighted by atomic mass is 9.87. The van der Waals surface area contributed by atoms with Crippen LogP contribution in [0.5, 0.6) is 0 Å². The minimum absolute atomic E-state index is 0.0222. The lowest BCUT2D eigenvalue weighted by molar-refractivity contribution is -0.138. The number of methoxy groups -OCH3 is 1. The van der Waals surface area contributed by atoms with Crippen molar-refractivity contribution in [3.8, 4) is 22.8 Å². The van der Waals surface area contributed by atoms with Gasteiger partial charge in [0.15, 0.2) is 0 Å². The number of hydrogen-bond acceptors (Lipinski definition) is 8. The highest BCUT2D eigenvalue weighted by molar-refractivity contribution is 5.87. The van der Waals surface area contributed by atoms with Crippen LogP contribution < -0.4 is 10.2 Å². The third-order valence-corrected chi connectivity index (χ3v) is 14.5. The van der Waals surface area contributed by atoms with Gasteiger partial charge in [0.1, 0.15) is 23.7 Å². The molecule has 69 heavy (non-hydrogen) atoms. The van der Waals surface area contributed by atoms with Gasteiger partial charge >= 0.3 is 12.2 Å². The number of amides is 4. The molecule has 15 nitrogen and oxygen atoms in total. The van der Waals surface area contributed by atoms with Crippen LogP contribution in [-0.4, -0.2) is 103 Å². The summed E-state index contributed by atoms with van der Waals surface area (Å²) < 4.78 is 4.81. The highest BCUT2D eigenvalue weighted by atomic mass is 16.5. The summed E-state index contributed by atoms with van der Waals surface area (Å²) in [5, 5.41) is 12.4. The van der Waals surface area contributed by atoms with Crippen molar-refractivity contribution in [2.75, 3.05) is 32.1 Å². The summed E-state index contributed by atoms with van der Waals surface area (Å²) in [6.45, 7) is 15.5. The first-order chi connectivity index (χ1) is 32.9. The van der Waals surface area contributed by atoms with E-state index in [4.69, 9.17) is 14.7 Å². The summed E-state index contributed by atoms with van der Waals surface area (Å²) in [7, 11) is 2.77. The molecule has 0 saturated carbocycles. The first-order valence-electron chi connectivity index (χ1n) is 24.6. The Labute approximate surface area is 406 Å². The number of H-pyrrole nitrogens is 2. The molecule has 3 aromatic carbocycles. The van der Waals surface area contributed by atoms with Crippen molar-refractivity contribution in [3.63, 3.8) is 0 Å². The van der Waals surface area contributed by atoms with Crippen molar-refractivity contribution >= 4 is 29.7 Å². The molecule has 4 amide bonds. The number of rotatable bonds is 13. The van der Waals surface area contributed by atoms with Gasteiger partial charge in [0, 0.05) is 37.0 Å². The Balaban J connectivity index is 1.01. The Kier molecular flexibility index (Phi) is 14.2. The lowest BCUT2D eigenvalue weighted by Crippen LogP contribution is -2.51. The number of nitrogens with zero attached hydrogens (tertiary/aromatic N) is 6. The van der Waals surface area contributed by atoms with E-state index in [1.54, 1.807) is 0 Å². The van der Waals surface area contributed by atoms with E-state index < -0.39 is 24.3 Å². The first-order valence-corrected chi connectivity index (χ1v) is 24.6. The maximum Gasteiger partial charge on any atom is 0.407 e. The second-order valence-corrected chi connectivity index (χ2v) is 20.8. The zero-order valence-electron chi connectivity index (χ0n) is 41.5. The second kappa shape index (κ2) is 20.1. The number of benzene rings is 3. The number of carbonyl (C=O) groups excluding carboxylic acids is 3. The molecule has 3 saturated heterocycles. The van der Waals surface area contributed by atoms with Crippen molar-refractivity contribution < 1.29 is 29.0 Å². The number of hydrogen-bond donors (Lipinski definition) is 4. The maximum atomic E-state index is 13.8. The molecule has 8 rings (SSSR count). The number of alkyl carbamates (subject to hydrolysis) is 1. The Hall–Kier alpha value is -6.64. The zero-order valence-corrected chi connectivity index (χ0v) is 41.5. The van der Waals surface area contributed by atoms with Gasteiger partial charge in [0.05, 0.1) is 55.1 Å². The number of anilines is 1. The normalized spacial score (nSPS) is 20.4. The third-order valence-electron chi connectivity index (χ3n) is 14.5. The molecule has 5 heterocycles. The van der Waals surface area contributed by atoms with Crippen molar-refractivity contribution in [2.24, 2.45) is 11.8 Å². The monoisotopic (exact) mass is 940 g/mol. The summed E-state index contributed by atoms with van der Waals surface area (Å²) in [6, 6.07) is 24.8. The molecule has 5 aromatic rings. The molecule has 0 radical (unpaired) electrons. The summed E-state index contributed by atoms with van der Waals surface area (Å²) in [5.74, 6) is 0.880. The van der Waals surface area contributed by atoms with E-state index in [0.717, 1.165) is 83.3 Å². The fourth-order valence-electron chi connectivity index (χ4n) is 10.8. The highest BCUT2D eigenvalue weighted by Gasteiger charge is 2.41. The van der Waals surface area contributed by atoms with E-state index in [-0.39, 0.29) is 53.2 Å². The summed E-state index contributed by atoms with van der Waals surface area (Å²) in [5.41, 5.74) is 8.52. The standard InChI is InChI=1S/C54H69N9O6/c1-32(2)46(59-52(66)69-9)50(64)61-28-10-12-44(61)40-30-55-48(57-40)36-18-14-34(15-19-36)42-26-27-43(63(42)39-24-22-38(23-25-39)54(5,6)7)35-16-20-37(21-17-35)49-56-31-41(58-49)45-13-11-29-62(45)51(65)47(33(3)4)60(8)53(67)68/h14-25,30-33,42-47H,10-13,26-29H2,1-9H3,(H,55,57)(H,56,58)(H,59,66)(H,67,68)/t42-,43-,44+,45+,46+,47+/m1/s1. The number of carbonyl (C=O) groups is 4. The first kappa shape index (κ1) is 48.8. The van der Waals surface area contributed by atoms with Crippen LogP contribution in [0.4, 0.5) is 15.3 Å². The van der Waals surface area contributed by atoms with Crippen molar-refractivity contribution in [2.45, 2.75) is 129 Å². The number of aromatic amines is 2. The van der Waals surface area contributed by atoms with E-state index in [2.05, 4.69) is 114 Å². The molecule has 366 valence electrons. The van der Waals surface area contributed by atoms with Crippen LogP contribution >= 0.6 is 0 Å². The fourth-order valence-corrected chi connectivity index (χ4v) is 10.8. The maximum absolute atomic E-state index is 13.8. The van der Waals surface area contributed by atoms with Crippen LogP contribution in [0, 0.1) is 11.8 Å². The Morgan fingerprint density at radius 3 is 1.59 bits per heavy atom. The summed E-state index contributed by atoms with van der Waals surface area (Å²) in [6.07, 6.45) is 7.10. The molecule has 3 aliphatic rings. The van der Waals surface area contributed by atoms with Gasteiger partial charge in [-0.25, -0.2) is 19.6 Å². The smallest absolute Gasteiger partial charge is 0.407 e. The second-order valence-electron chi connectivity index (χ2n) is 20.8. The van der Waals surface area contributed by atoms with Gasteiger partial charge in [-0.05, 0) is 84.6 Å². The largest absolute Gasteiger partial charge is 0.465 e. The molecule has 0 aliphatic carbocycles. The number of ether oxygens (including phenoxy) is 1. The quantitative estimate of drug-likeness (QED) is 0.0894. The van der Waals surface area contributed by atoms with Crippen LogP contribution in [0.1, 0.15) is 139 Å². The number of nitrogens with one attached hydrogen (secondary N) is 3. The van der Waals surface area contributed by atoms with Crippen molar-refractivity contribution in [3.05, 3.63) is 113 Å². The molecular weight excluding hydrogens is 871 g/mol. The lowest BCUT2D eigenvalue weighted by Gasteiger charge is -2.34. The summed E-state index contributed by atoms with van der Waals surface area (Å²) in [4.78, 5) is 75.5. The third kappa shape index (κ3) is 10.1. The van der Waals surface area contributed by atoms with Gasteiger partial charge in [-0.1, -0.05) is 109 Å². The molecular formula is C54H69N9O6. The van der Waals surface area contributed by atoms with Gasteiger partial charge in [0.2, 0.25) is 11.8 Å². The molecule has 0 unspecified atom stereocenters.